The summed E-state index contributed by atoms with van der Waals surface area (Å²) in [4.78, 5) is 4.52. The molecule has 0 bridgehead atoms. The maximum Gasteiger partial charge on any atom is 0.147 e. The molecular weight excluding hydrogens is 238 g/mol. The monoisotopic (exact) mass is 256 g/mol. The van der Waals surface area contributed by atoms with Gasteiger partial charge in [-0.05, 0) is 25.0 Å². The Morgan fingerprint density at radius 2 is 2.21 bits per heavy atom. The Morgan fingerprint density at radius 1 is 1.32 bits per heavy atom. The number of fused-ring (bicyclic) bond motifs is 1. The van der Waals surface area contributed by atoms with E-state index in [0.717, 1.165) is 16.7 Å². The Hall–Kier alpha value is -2.36. The van der Waals surface area contributed by atoms with Crippen LogP contribution in [-0.2, 0) is 0 Å². The minimum absolute atomic E-state index is 0.213. The first-order chi connectivity index (χ1) is 10.3. The lowest BCUT2D eigenvalue weighted by atomic mass is 10.00. The highest BCUT2D eigenvalue weighted by molar-refractivity contribution is 5.82. The molecule has 0 radical (unpaired) electrons. The summed E-state index contributed by atoms with van der Waals surface area (Å²) in [6.07, 6.45) is 1.60. The number of ether oxygens (including phenoxy) is 1. The summed E-state index contributed by atoms with van der Waals surface area (Å²) in [5.74, 6) is 0.213. The summed E-state index contributed by atoms with van der Waals surface area (Å²) in [7, 11) is -2.54. The summed E-state index contributed by atoms with van der Waals surface area (Å²) in [6.45, 7) is 3.98. The normalized spacial score (nSPS) is 13.9. The first-order valence-electron chi connectivity index (χ1n) is 7.45. The van der Waals surface area contributed by atoms with Crippen LogP contribution in [0.3, 0.4) is 0 Å². The van der Waals surface area contributed by atoms with Crippen LogP contribution < -0.4 is 4.74 Å². The number of aryl methyl sites for hydroxylation is 1. The molecule has 0 aliphatic rings. The van der Waals surface area contributed by atoms with Crippen LogP contribution in [-0.4, -0.2) is 22.2 Å². The van der Waals surface area contributed by atoms with Crippen molar-refractivity contribution in [2.24, 2.45) is 0 Å². The molecular formula is C15H15N3O. The molecule has 1 N–H and O–H groups in total. The molecule has 4 heteroatoms. The lowest BCUT2D eigenvalue weighted by molar-refractivity contribution is 0.415. The van der Waals surface area contributed by atoms with Gasteiger partial charge in [-0.2, -0.15) is 5.10 Å². The zero-order valence-corrected chi connectivity index (χ0v) is 10.7. The van der Waals surface area contributed by atoms with Crippen LogP contribution in [0.25, 0.3) is 22.3 Å². The van der Waals surface area contributed by atoms with Gasteiger partial charge in [-0.1, -0.05) is 18.2 Å². The number of aromatic nitrogens is 3. The second kappa shape index (κ2) is 4.39. The Kier molecular flexibility index (Phi) is 2.01. The van der Waals surface area contributed by atoms with Crippen molar-refractivity contribution in [3.63, 3.8) is 0 Å². The van der Waals surface area contributed by atoms with E-state index < -0.39 is 7.04 Å². The average Bonchev–Trinajstić information content (AvgIpc) is 2.86. The SMILES string of the molecule is [2H]C([2H])([2H])Oc1cc2[nH]ncc2nc1-c1cccc(C)c1C. The molecule has 2 aromatic heterocycles. The van der Waals surface area contributed by atoms with E-state index in [0.29, 0.717) is 16.7 Å². The maximum atomic E-state index is 7.35. The third-order valence-electron chi connectivity index (χ3n) is 3.36. The van der Waals surface area contributed by atoms with Crippen molar-refractivity contribution in [3.05, 3.63) is 41.6 Å². The van der Waals surface area contributed by atoms with Crippen LogP contribution in [0.1, 0.15) is 15.2 Å². The van der Waals surface area contributed by atoms with Gasteiger partial charge in [0.1, 0.15) is 17.0 Å². The standard InChI is InChI=1S/C15H15N3O/c1-9-5-4-6-11(10(9)2)15-14(19-3)7-12-13(17-15)8-16-18-12/h4-8H,1-3H3,(H,16,18)/i3D3. The smallest absolute Gasteiger partial charge is 0.147 e. The molecule has 0 fully saturated rings. The van der Waals surface area contributed by atoms with Crippen molar-refractivity contribution in [3.8, 4) is 17.0 Å². The van der Waals surface area contributed by atoms with Crippen molar-refractivity contribution >= 4 is 11.0 Å². The van der Waals surface area contributed by atoms with Crippen molar-refractivity contribution < 1.29 is 8.85 Å². The highest BCUT2D eigenvalue weighted by Crippen LogP contribution is 2.33. The predicted molar refractivity (Wildman–Crippen MR) is 75.4 cm³/mol. The first-order valence-corrected chi connectivity index (χ1v) is 5.95. The summed E-state index contributed by atoms with van der Waals surface area (Å²) in [5, 5.41) is 6.70. The molecule has 0 atom stereocenters. The molecule has 0 aliphatic heterocycles. The van der Waals surface area contributed by atoms with Gasteiger partial charge in [-0.25, -0.2) is 4.98 Å². The van der Waals surface area contributed by atoms with Gasteiger partial charge in [0.05, 0.1) is 22.9 Å². The maximum absolute atomic E-state index is 7.35. The van der Waals surface area contributed by atoms with E-state index in [1.807, 2.05) is 32.0 Å². The molecule has 3 rings (SSSR count). The molecule has 0 aliphatic carbocycles. The van der Waals surface area contributed by atoms with E-state index in [1.165, 1.54) is 0 Å². The number of hydrogen-bond acceptors (Lipinski definition) is 3. The van der Waals surface area contributed by atoms with E-state index >= 15 is 0 Å². The highest BCUT2D eigenvalue weighted by Gasteiger charge is 2.13. The Bertz CT molecular complexity index is 840. The van der Waals surface area contributed by atoms with E-state index in [4.69, 9.17) is 8.85 Å². The van der Waals surface area contributed by atoms with Gasteiger partial charge in [0.2, 0.25) is 0 Å². The largest absolute Gasteiger partial charge is 0.494 e. The minimum atomic E-state index is -2.54. The molecule has 1 aromatic carbocycles. The number of H-pyrrole nitrogens is 1. The third-order valence-corrected chi connectivity index (χ3v) is 3.36. The summed E-state index contributed by atoms with van der Waals surface area (Å²) in [6, 6.07) is 7.44. The zero-order chi connectivity index (χ0) is 15.9. The predicted octanol–water partition coefficient (Wildman–Crippen LogP) is 3.25. The molecule has 2 heterocycles. The molecule has 3 aromatic rings. The second-order valence-electron chi connectivity index (χ2n) is 4.49. The first kappa shape index (κ1) is 8.69. The van der Waals surface area contributed by atoms with Crippen molar-refractivity contribution in [1.82, 2.24) is 15.2 Å². The van der Waals surface area contributed by atoms with Crippen LogP contribution in [0.4, 0.5) is 0 Å². The number of methoxy groups -OCH3 is 1. The fourth-order valence-electron chi connectivity index (χ4n) is 2.14. The number of nitrogens with one attached hydrogen (secondary N) is 1. The van der Waals surface area contributed by atoms with Crippen LogP contribution in [0.5, 0.6) is 5.75 Å². The number of nitrogens with zero attached hydrogens (tertiary/aromatic N) is 2. The Morgan fingerprint density at radius 3 is 3.05 bits per heavy atom. The lowest BCUT2D eigenvalue weighted by Crippen LogP contribution is -1.95. The van der Waals surface area contributed by atoms with E-state index in [2.05, 4.69) is 15.2 Å². The molecule has 96 valence electrons. The van der Waals surface area contributed by atoms with E-state index in [1.54, 1.807) is 12.3 Å². The minimum Gasteiger partial charge on any atom is -0.494 e. The van der Waals surface area contributed by atoms with Gasteiger partial charge in [0.25, 0.3) is 0 Å². The van der Waals surface area contributed by atoms with E-state index in [-0.39, 0.29) is 5.75 Å². The fraction of sp³-hybridized carbons (Fsp3) is 0.200. The van der Waals surface area contributed by atoms with Crippen LogP contribution in [0.2, 0.25) is 0 Å². The highest BCUT2D eigenvalue weighted by atomic mass is 16.5. The number of pyridine rings is 1. The number of hydrogen-bond donors (Lipinski definition) is 1. The second-order valence-corrected chi connectivity index (χ2v) is 4.49. The fourth-order valence-corrected chi connectivity index (χ4v) is 2.14. The Balaban J connectivity index is 2.25. The van der Waals surface area contributed by atoms with Crippen molar-refractivity contribution in [2.45, 2.75) is 13.8 Å². The number of aromatic amines is 1. The number of benzene rings is 1. The molecule has 0 spiro atoms. The van der Waals surface area contributed by atoms with Crippen LogP contribution in [0.15, 0.2) is 30.5 Å². The van der Waals surface area contributed by atoms with Crippen molar-refractivity contribution in [1.29, 1.82) is 0 Å². The Labute approximate surface area is 115 Å². The van der Waals surface area contributed by atoms with E-state index in [9.17, 15) is 0 Å². The molecule has 0 saturated heterocycles. The summed E-state index contributed by atoms with van der Waals surface area (Å²) < 4.78 is 27.2. The van der Waals surface area contributed by atoms with Crippen molar-refractivity contribution in [2.75, 3.05) is 7.04 Å². The van der Waals surface area contributed by atoms with Crippen LogP contribution in [0, 0.1) is 13.8 Å². The summed E-state index contributed by atoms with van der Waals surface area (Å²) in [5.41, 5.74) is 4.79. The van der Waals surface area contributed by atoms with Gasteiger partial charge in [0, 0.05) is 11.6 Å². The molecule has 19 heavy (non-hydrogen) atoms. The van der Waals surface area contributed by atoms with Gasteiger partial charge < -0.3 is 4.74 Å². The quantitative estimate of drug-likeness (QED) is 0.765. The number of rotatable bonds is 2. The average molecular weight is 256 g/mol. The topological polar surface area (TPSA) is 50.8 Å². The van der Waals surface area contributed by atoms with Gasteiger partial charge >= 0.3 is 0 Å². The molecule has 0 unspecified atom stereocenters. The lowest BCUT2D eigenvalue weighted by Gasteiger charge is -2.11. The third kappa shape index (κ3) is 1.85. The molecule has 4 nitrogen and oxygen atoms in total. The molecule has 0 saturated carbocycles. The summed E-state index contributed by atoms with van der Waals surface area (Å²) >= 11 is 0. The van der Waals surface area contributed by atoms with Crippen LogP contribution >= 0.6 is 0 Å². The van der Waals surface area contributed by atoms with Gasteiger partial charge in [-0.3, -0.25) is 5.10 Å². The van der Waals surface area contributed by atoms with Gasteiger partial charge in [0.15, 0.2) is 0 Å². The van der Waals surface area contributed by atoms with Gasteiger partial charge in [-0.15, -0.1) is 0 Å². The molecule has 0 amide bonds. The zero-order valence-electron chi connectivity index (χ0n) is 13.7.